The molecular weight excluding hydrogens is 316 g/mol. The van der Waals surface area contributed by atoms with Crippen LogP contribution in [-0.2, 0) is 0 Å². The summed E-state index contributed by atoms with van der Waals surface area (Å²) in [4.78, 5) is 11.9. The lowest BCUT2D eigenvalue weighted by atomic mass is 10.1. The van der Waals surface area contributed by atoms with E-state index in [4.69, 9.17) is 9.84 Å². The Labute approximate surface area is 120 Å². The molecule has 0 heterocycles. The summed E-state index contributed by atoms with van der Waals surface area (Å²) < 4.78 is 5.90. The van der Waals surface area contributed by atoms with Crippen LogP contribution in [-0.4, -0.2) is 36.1 Å². The number of carbonyl (C=O) groups excluding carboxylic acids is 1. The van der Waals surface area contributed by atoms with Gasteiger partial charge in [0.2, 0.25) is 0 Å². The summed E-state index contributed by atoms with van der Waals surface area (Å²) in [7, 11) is 1.59. The number of Topliss-reactive ketones (excluding diaryl/α,β-unsaturated/α-hetero) is 1. The zero-order chi connectivity index (χ0) is 13.5. The van der Waals surface area contributed by atoms with Gasteiger partial charge in [-0.1, -0.05) is 6.92 Å². The fourth-order valence-electron chi connectivity index (χ4n) is 1.33. The Morgan fingerprint density at radius 3 is 2.83 bits per heavy atom. The molecule has 0 radical (unpaired) electrons. The van der Waals surface area contributed by atoms with Crippen LogP contribution < -0.4 is 4.74 Å². The summed E-state index contributed by atoms with van der Waals surface area (Å²) in [5, 5.41) is 8.89. The minimum atomic E-state index is 0.0912. The number of ketones is 1. The highest BCUT2D eigenvalue weighted by atomic mass is 79.9. The molecule has 0 saturated carbocycles. The molecule has 0 aliphatic carbocycles. The standard InChI is InChI=1S/C13H17BrO3S/c1-9(6-15)7-18-8-12(16)10-3-4-13(17-2)11(14)5-10/h3-5,9,15H,6-8H2,1-2H3. The molecule has 0 aliphatic rings. The number of aliphatic hydroxyl groups is 1. The summed E-state index contributed by atoms with van der Waals surface area (Å²) >= 11 is 4.91. The van der Waals surface area contributed by atoms with Crippen LogP contribution in [0.25, 0.3) is 0 Å². The van der Waals surface area contributed by atoms with Gasteiger partial charge in [-0.2, -0.15) is 11.8 Å². The van der Waals surface area contributed by atoms with Crippen molar-refractivity contribution in [2.75, 3.05) is 25.2 Å². The zero-order valence-corrected chi connectivity index (χ0v) is 12.9. The van der Waals surface area contributed by atoms with Crippen molar-refractivity contribution in [1.82, 2.24) is 0 Å². The molecule has 1 aromatic rings. The SMILES string of the molecule is COc1ccc(C(=O)CSCC(C)CO)cc1Br. The molecule has 0 saturated heterocycles. The first-order chi connectivity index (χ1) is 8.58. The average molecular weight is 333 g/mol. The van der Waals surface area contributed by atoms with Crippen molar-refractivity contribution in [3.05, 3.63) is 28.2 Å². The predicted molar refractivity (Wildman–Crippen MR) is 78.6 cm³/mol. The molecule has 0 amide bonds. The van der Waals surface area contributed by atoms with E-state index >= 15 is 0 Å². The zero-order valence-electron chi connectivity index (χ0n) is 10.5. The number of ether oxygens (including phenoxy) is 1. The lowest BCUT2D eigenvalue weighted by Gasteiger charge is -2.08. The van der Waals surface area contributed by atoms with E-state index in [0.717, 1.165) is 10.2 Å². The summed E-state index contributed by atoms with van der Waals surface area (Å²) in [5.74, 6) is 2.26. The molecule has 100 valence electrons. The molecule has 18 heavy (non-hydrogen) atoms. The Kier molecular flexibility index (Phi) is 6.75. The van der Waals surface area contributed by atoms with Gasteiger partial charge in [-0.25, -0.2) is 0 Å². The van der Waals surface area contributed by atoms with Crippen molar-refractivity contribution >= 4 is 33.5 Å². The maximum Gasteiger partial charge on any atom is 0.172 e. The molecule has 3 nitrogen and oxygen atoms in total. The first kappa shape index (κ1) is 15.5. The maximum atomic E-state index is 11.9. The second kappa shape index (κ2) is 7.81. The monoisotopic (exact) mass is 332 g/mol. The number of thioether (sulfide) groups is 1. The maximum absolute atomic E-state index is 11.9. The molecule has 1 atom stereocenters. The number of aliphatic hydroxyl groups excluding tert-OH is 1. The van der Waals surface area contributed by atoms with Crippen LogP contribution in [0.4, 0.5) is 0 Å². The molecule has 0 fully saturated rings. The van der Waals surface area contributed by atoms with E-state index in [2.05, 4.69) is 15.9 Å². The van der Waals surface area contributed by atoms with Crippen molar-refractivity contribution in [3.63, 3.8) is 0 Å². The lowest BCUT2D eigenvalue weighted by molar-refractivity contribution is 0.102. The van der Waals surface area contributed by atoms with Crippen molar-refractivity contribution in [2.45, 2.75) is 6.92 Å². The summed E-state index contributed by atoms with van der Waals surface area (Å²) in [6.45, 7) is 2.12. The minimum absolute atomic E-state index is 0.0912. The van der Waals surface area contributed by atoms with E-state index in [9.17, 15) is 4.79 Å². The van der Waals surface area contributed by atoms with E-state index in [1.165, 1.54) is 0 Å². The van der Waals surface area contributed by atoms with Crippen LogP contribution in [0, 0.1) is 5.92 Å². The van der Waals surface area contributed by atoms with Crippen molar-refractivity contribution in [2.24, 2.45) is 5.92 Å². The number of methoxy groups -OCH3 is 1. The number of rotatable bonds is 7. The molecule has 1 N–H and O–H groups in total. The van der Waals surface area contributed by atoms with Crippen LogP contribution in [0.15, 0.2) is 22.7 Å². The quantitative estimate of drug-likeness (QED) is 0.779. The molecule has 1 unspecified atom stereocenters. The van der Waals surface area contributed by atoms with Gasteiger partial charge in [-0.15, -0.1) is 0 Å². The average Bonchev–Trinajstić information content (AvgIpc) is 2.38. The Balaban J connectivity index is 2.54. The topological polar surface area (TPSA) is 46.5 Å². The molecule has 0 bridgehead atoms. The van der Waals surface area contributed by atoms with Gasteiger partial charge in [0.05, 0.1) is 17.3 Å². The summed E-state index contributed by atoms with van der Waals surface area (Å²) in [6.07, 6.45) is 0. The first-order valence-electron chi connectivity index (χ1n) is 5.63. The summed E-state index contributed by atoms with van der Waals surface area (Å²) in [6, 6.07) is 5.32. The van der Waals surface area contributed by atoms with E-state index in [0.29, 0.717) is 17.1 Å². The normalized spacial score (nSPS) is 12.2. The third-order valence-electron chi connectivity index (χ3n) is 2.42. The third-order valence-corrected chi connectivity index (χ3v) is 4.31. The molecule has 1 aromatic carbocycles. The highest BCUT2D eigenvalue weighted by molar-refractivity contribution is 9.10. The smallest absolute Gasteiger partial charge is 0.172 e. The van der Waals surface area contributed by atoms with E-state index in [1.807, 2.05) is 6.92 Å². The fourth-order valence-corrected chi connectivity index (χ4v) is 2.85. The van der Waals surface area contributed by atoms with Crippen LogP contribution in [0.5, 0.6) is 5.75 Å². The predicted octanol–water partition coefficient (Wildman–Crippen LogP) is 3.00. The van der Waals surface area contributed by atoms with Crippen molar-refractivity contribution < 1.29 is 14.6 Å². The van der Waals surface area contributed by atoms with E-state index in [-0.39, 0.29) is 18.3 Å². The number of benzene rings is 1. The highest BCUT2D eigenvalue weighted by Crippen LogP contribution is 2.26. The Hall–Kier alpha value is -0.520. The van der Waals surface area contributed by atoms with Crippen molar-refractivity contribution in [3.8, 4) is 5.75 Å². The first-order valence-corrected chi connectivity index (χ1v) is 7.58. The fraction of sp³-hybridized carbons (Fsp3) is 0.462. The molecule has 0 spiro atoms. The molecule has 5 heteroatoms. The second-order valence-corrected chi connectivity index (χ2v) is 5.96. The van der Waals surface area contributed by atoms with Gasteiger partial charge in [-0.3, -0.25) is 4.79 Å². The molecule has 0 aliphatic heterocycles. The molecule has 0 aromatic heterocycles. The second-order valence-electron chi connectivity index (χ2n) is 4.08. The number of carbonyl (C=O) groups is 1. The van der Waals surface area contributed by atoms with Crippen LogP contribution in [0.2, 0.25) is 0 Å². The molecule has 1 rings (SSSR count). The Morgan fingerprint density at radius 1 is 1.56 bits per heavy atom. The van der Waals surface area contributed by atoms with E-state index in [1.54, 1.807) is 37.1 Å². The van der Waals surface area contributed by atoms with Crippen LogP contribution in [0.1, 0.15) is 17.3 Å². The Bertz CT molecular complexity index is 409. The highest BCUT2D eigenvalue weighted by Gasteiger charge is 2.10. The third kappa shape index (κ3) is 4.63. The number of halogens is 1. The minimum Gasteiger partial charge on any atom is -0.496 e. The largest absolute Gasteiger partial charge is 0.496 e. The van der Waals surface area contributed by atoms with Crippen LogP contribution in [0.3, 0.4) is 0 Å². The van der Waals surface area contributed by atoms with Crippen molar-refractivity contribution in [1.29, 1.82) is 0 Å². The lowest BCUT2D eigenvalue weighted by Crippen LogP contribution is -2.08. The van der Waals surface area contributed by atoms with E-state index < -0.39 is 0 Å². The Morgan fingerprint density at radius 2 is 2.28 bits per heavy atom. The van der Waals surface area contributed by atoms with Gasteiger partial charge in [-0.05, 0) is 45.8 Å². The van der Waals surface area contributed by atoms with Gasteiger partial charge in [0.15, 0.2) is 5.78 Å². The number of hydrogen-bond acceptors (Lipinski definition) is 4. The van der Waals surface area contributed by atoms with Gasteiger partial charge >= 0.3 is 0 Å². The van der Waals surface area contributed by atoms with Gasteiger partial charge in [0, 0.05) is 12.2 Å². The van der Waals surface area contributed by atoms with Gasteiger partial charge in [0.25, 0.3) is 0 Å². The number of hydrogen-bond donors (Lipinski definition) is 1. The van der Waals surface area contributed by atoms with Gasteiger partial charge < -0.3 is 9.84 Å². The molecular formula is C13H17BrO3S. The van der Waals surface area contributed by atoms with Crippen LogP contribution >= 0.6 is 27.7 Å². The van der Waals surface area contributed by atoms with Gasteiger partial charge in [0.1, 0.15) is 5.75 Å². The summed E-state index contributed by atoms with van der Waals surface area (Å²) in [5.41, 5.74) is 0.673.